The molecule has 1 fully saturated rings. The van der Waals surface area contributed by atoms with Crippen LogP contribution in [-0.4, -0.2) is 74.4 Å². The topological polar surface area (TPSA) is 40.1 Å². The lowest BCUT2D eigenvalue weighted by atomic mass is 10.1. The molecule has 1 aromatic carbocycles. The summed E-state index contributed by atoms with van der Waals surface area (Å²) >= 11 is 0. The molecular formula is C20H31F4IN4O. The summed E-state index contributed by atoms with van der Waals surface area (Å²) in [5, 5.41) is 3.25. The third-order valence-corrected chi connectivity index (χ3v) is 4.86. The van der Waals surface area contributed by atoms with Crippen LogP contribution in [0.1, 0.15) is 20.3 Å². The number of benzene rings is 1. The van der Waals surface area contributed by atoms with Gasteiger partial charge in [-0.3, -0.25) is 9.89 Å². The lowest BCUT2D eigenvalue weighted by Gasteiger charge is -2.26. The summed E-state index contributed by atoms with van der Waals surface area (Å²) in [5.74, 6) is 1.15. The molecule has 1 aliphatic heterocycles. The largest absolute Gasteiger partial charge is 0.489 e. The van der Waals surface area contributed by atoms with Crippen LogP contribution in [0.3, 0.4) is 0 Å². The van der Waals surface area contributed by atoms with Crippen LogP contribution in [-0.2, 0) is 0 Å². The minimum atomic E-state index is -4.17. The zero-order valence-corrected chi connectivity index (χ0v) is 19.9. The third-order valence-electron chi connectivity index (χ3n) is 4.86. The molecule has 1 aliphatic rings. The van der Waals surface area contributed by atoms with Crippen LogP contribution in [0.4, 0.5) is 17.6 Å². The molecule has 10 heteroatoms. The van der Waals surface area contributed by atoms with E-state index in [9.17, 15) is 17.6 Å². The second-order valence-electron chi connectivity index (χ2n) is 7.35. The van der Waals surface area contributed by atoms with Crippen molar-refractivity contribution in [2.45, 2.75) is 32.5 Å². The molecule has 2 atom stereocenters. The molecule has 1 N–H and O–H groups in total. The molecule has 5 nitrogen and oxygen atoms in total. The van der Waals surface area contributed by atoms with Crippen LogP contribution in [0.2, 0.25) is 0 Å². The first kappa shape index (κ1) is 26.7. The zero-order valence-electron chi connectivity index (χ0n) is 17.6. The summed E-state index contributed by atoms with van der Waals surface area (Å²) in [6.45, 7) is 5.50. The van der Waals surface area contributed by atoms with Gasteiger partial charge in [-0.15, -0.1) is 24.0 Å². The highest BCUT2D eigenvalue weighted by Gasteiger charge is 2.33. The van der Waals surface area contributed by atoms with Crippen molar-refractivity contribution in [1.29, 1.82) is 0 Å². The standard InChI is InChI=1S/C20H30F4N4O.HI/c1-4-27(14-20(22,23)24)12-16-9-10-28(13-16)19(25-3)26-11-15(2)29-18-7-5-17(21)6-8-18;/h5-8,15-16H,4,9-14H2,1-3H3,(H,25,26);1H. The molecule has 1 heterocycles. The Morgan fingerprint density at radius 2 is 2.00 bits per heavy atom. The Balaban J connectivity index is 0.00000450. The first-order chi connectivity index (χ1) is 13.7. The maximum atomic E-state index is 13.0. The molecule has 0 spiro atoms. The van der Waals surface area contributed by atoms with E-state index in [2.05, 4.69) is 15.2 Å². The fourth-order valence-corrected chi connectivity index (χ4v) is 3.45. The van der Waals surface area contributed by atoms with Gasteiger partial charge in [-0.25, -0.2) is 4.39 Å². The number of hydrogen-bond acceptors (Lipinski definition) is 3. The number of nitrogens with zero attached hydrogens (tertiary/aromatic N) is 3. The number of likely N-dealkylation sites (tertiary alicyclic amines) is 1. The quantitative estimate of drug-likeness (QED) is 0.232. The molecule has 30 heavy (non-hydrogen) atoms. The number of alkyl halides is 3. The van der Waals surface area contributed by atoms with E-state index in [-0.39, 0.29) is 41.8 Å². The number of aliphatic imine (C=N–C) groups is 1. The lowest BCUT2D eigenvalue weighted by molar-refractivity contribution is -0.146. The first-order valence-corrected chi connectivity index (χ1v) is 9.87. The molecule has 1 saturated heterocycles. The average molecular weight is 546 g/mol. The van der Waals surface area contributed by atoms with E-state index in [1.54, 1.807) is 26.1 Å². The van der Waals surface area contributed by atoms with Gasteiger partial charge in [0.2, 0.25) is 0 Å². The average Bonchev–Trinajstić information content (AvgIpc) is 3.11. The van der Waals surface area contributed by atoms with Crippen LogP contribution >= 0.6 is 24.0 Å². The van der Waals surface area contributed by atoms with Gasteiger partial charge in [0.15, 0.2) is 5.96 Å². The second-order valence-corrected chi connectivity index (χ2v) is 7.35. The van der Waals surface area contributed by atoms with Crippen LogP contribution in [0.25, 0.3) is 0 Å². The molecule has 2 rings (SSSR count). The van der Waals surface area contributed by atoms with Gasteiger partial charge in [0.1, 0.15) is 17.7 Å². The number of halogens is 5. The maximum Gasteiger partial charge on any atom is 0.401 e. The fraction of sp³-hybridized carbons (Fsp3) is 0.650. The first-order valence-electron chi connectivity index (χ1n) is 9.87. The van der Waals surface area contributed by atoms with Crippen molar-refractivity contribution in [2.75, 3.05) is 46.3 Å². The summed E-state index contributed by atoms with van der Waals surface area (Å²) in [5.41, 5.74) is 0. The highest BCUT2D eigenvalue weighted by Crippen LogP contribution is 2.21. The van der Waals surface area contributed by atoms with E-state index in [1.165, 1.54) is 17.0 Å². The fourth-order valence-electron chi connectivity index (χ4n) is 3.45. The number of hydrogen-bond donors (Lipinski definition) is 1. The van der Waals surface area contributed by atoms with Crippen molar-refractivity contribution in [3.05, 3.63) is 30.1 Å². The normalized spacial score (nSPS) is 18.3. The maximum absolute atomic E-state index is 13.0. The summed E-state index contributed by atoms with van der Waals surface area (Å²) < 4.78 is 56.7. The van der Waals surface area contributed by atoms with E-state index >= 15 is 0 Å². The van der Waals surface area contributed by atoms with Gasteiger partial charge in [-0.05, 0) is 50.1 Å². The predicted molar refractivity (Wildman–Crippen MR) is 121 cm³/mol. The minimum Gasteiger partial charge on any atom is -0.489 e. The molecule has 0 radical (unpaired) electrons. The van der Waals surface area contributed by atoms with Crippen molar-refractivity contribution in [1.82, 2.24) is 15.1 Å². The molecule has 1 aromatic rings. The van der Waals surface area contributed by atoms with E-state index in [4.69, 9.17) is 4.74 Å². The van der Waals surface area contributed by atoms with E-state index in [1.807, 2.05) is 6.92 Å². The predicted octanol–water partition coefficient (Wildman–Crippen LogP) is 3.99. The number of nitrogens with one attached hydrogen (secondary N) is 1. The Kier molecular flexibility index (Phi) is 11.2. The highest BCUT2D eigenvalue weighted by molar-refractivity contribution is 14.0. The zero-order chi connectivity index (χ0) is 21.4. The molecular weight excluding hydrogens is 515 g/mol. The number of ether oxygens (including phenoxy) is 1. The Morgan fingerprint density at radius 1 is 1.33 bits per heavy atom. The smallest absolute Gasteiger partial charge is 0.401 e. The van der Waals surface area contributed by atoms with Crippen LogP contribution < -0.4 is 10.1 Å². The van der Waals surface area contributed by atoms with Crippen molar-refractivity contribution in [2.24, 2.45) is 10.9 Å². The van der Waals surface area contributed by atoms with Crippen LogP contribution in [0.15, 0.2) is 29.3 Å². The van der Waals surface area contributed by atoms with Gasteiger partial charge >= 0.3 is 6.18 Å². The summed E-state index contributed by atoms with van der Waals surface area (Å²) in [7, 11) is 1.68. The van der Waals surface area contributed by atoms with Gasteiger partial charge in [0.25, 0.3) is 0 Å². The number of rotatable bonds is 8. The Labute approximate surface area is 192 Å². The van der Waals surface area contributed by atoms with Gasteiger partial charge in [0, 0.05) is 26.7 Å². The van der Waals surface area contributed by atoms with Crippen molar-refractivity contribution in [3.63, 3.8) is 0 Å². The van der Waals surface area contributed by atoms with Gasteiger partial charge in [-0.1, -0.05) is 6.92 Å². The lowest BCUT2D eigenvalue weighted by Crippen LogP contribution is -2.44. The highest BCUT2D eigenvalue weighted by atomic mass is 127. The molecule has 0 aromatic heterocycles. The number of guanidine groups is 1. The summed E-state index contributed by atoms with van der Waals surface area (Å²) in [6.07, 6.45) is -3.51. The van der Waals surface area contributed by atoms with Crippen LogP contribution in [0.5, 0.6) is 5.75 Å². The molecule has 2 unspecified atom stereocenters. The van der Waals surface area contributed by atoms with Gasteiger partial charge in [-0.2, -0.15) is 13.2 Å². The molecule has 0 bridgehead atoms. The molecule has 0 amide bonds. The van der Waals surface area contributed by atoms with Crippen molar-refractivity contribution >= 4 is 29.9 Å². The summed E-state index contributed by atoms with van der Waals surface area (Å²) in [6, 6.07) is 5.84. The second kappa shape index (κ2) is 12.5. The summed E-state index contributed by atoms with van der Waals surface area (Å²) in [4.78, 5) is 7.80. The van der Waals surface area contributed by atoms with E-state index in [0.717, 1.165) is 13.0 Å². The molecule has 0 saturated carbocycles. The SMILES string of the molecule is CCN(CC1CCN(C(=NC)NCC(C)Oc2ccc(F)cc2)C1)CC(F)(F)F.I. The Bertz CT molecular complexity index is 657. The third kappa shape index (κ3) is 9.23. The van der Waals surface area contributed by atoms with Crippen molar-refractivity contribution in [3.8, 4) is 5.75 Å². The monoisotopic (exact) mass is 546 g/mol. The van der Waals surface area contributed by atoms with Crippen molar-refractivity contribution < 1.29 is 22.3 Å². The Hall–Kier alpha value is -1.30. The van der Waals surface area contributed by atoms with E-state index in [0.29, 0.717) is 37.9 Å². The van der Waals surface area contributed by atoms with Gasteiger partial charge in [0.05, 0.1) is 13.1 Å². The van der Waals surface area contributed by atoms with Crippen LogP contribution in [0, 0.1) is 11.7 Å². The minimum absolute atomic E-state index is 0. The van der Waals surface area contributed by atoms with Gasteiger partial charge < -0.3 is 15.0 Å². The Morgan fingerprint density at radius 3 is 2.57 bits per heavy atom. The molecule has 172 valence electrons. The van der Waals surface area contributed by atoms with E-state index < -0.39 is 12.7 Å². The molecule has 0 aliphatic carbocycles.